The number of fused-ring (bicyclic) bond motifs is 1. The summed E-state index contributed by atoms with van der Waals surface area (Å²) >= 11 is 7.09. The molecule has 0 nitrogen and oxygen atoms in total. The number of aryl methyl sites for hydroxylation is 1. The number of rotatable bonds is 2. The molecule has 0 aliphatic carbocycles. The van der Waals surface area contributed by atoms with Gasteiger partial charge in [0.2, 0.25) is 0 Å². The van der Waals surface area contributed by atoms with Crippen LogP contribution in [0, 0.1) is 6.92 Å². The molecule has 0 bridgehead atoms. The van der Waals surface area contributed by atoms with Crippen LogP contribution in [0.4, 0.5) is 0 Å². The van der Waals surface area contributed by atoms with Crippen molar-refractivity contribution in [2.24, 2.45) is 0 Å². The largest absolute Gasteiger partial charge is 0.0876 e. The van der Waals surface area contributed by atoms with Crippen LogP contribution >= 0.6 is 31.9 Å². The Morgan fingerprint density at radius 3 is 2.13 bits per heavy atom. The molecule has 15 heavy (non-hydrogen) atoms. The topological polar surface area (TPSA) is 0 Å². The number of benzene rings is 2. The lowest BCUT2D eigenvalue weighted by molar-refractivity contribution is 1.32. The monoisotopic (exact) mass is 326 g/mol. The van der Waals surface area contributed by atoms with E-state index in [0.29, 0.717) is 0 Å². The molecule has 0 heterocycles. The first-order valence-corrected chi connectivity index (χ1v) is 7.14. The fourth-order valence-electron chi connectivity index (χ4n) is 1.91. The van der Waals surface area contributed by atoms with E-state index < -0.39 is 0 Å². The molecule has 0 aliphatic rings. The van der Waals surface area contributed by atoms with Crippen LogP contribution in [-0.2, 0) is 10.7 Å². The normalized spacial score (nSPS) is 10.9. The number of hydrogen-bond donors (Lipinski definition) is 0. The highest BCUT2D eigenvalue weighted by atomic mass is 79.9. The minimum absolute atomic E-state index is 0.911. The van der Waals surface area contributed by atoms with Gasteiger partial charge in [-0.1, -0.05) is 62.2 Å². The number of halogens is 2. The second kappa shape index (κ2) is 4.67. The van der Waals surface area contributed by atoms with Crippen LogP contribution in [0.2, 0.25) is 0 Å². The summed E-state index contributed by atoms with van der Waals surface area (Å²) in [6, 6.07) is 10.9. The van der Waals surface area contributed by atoms with Gasteiger partial charge < -0.3 is 0 Å². The fraction of sp³-hybridized carbons (Fsp3) is 0.231. The Hall–Kier alpha value is -0.340. The second-order valence-electron chi connectivity index (χ2n) is 3.63. The van der Waals surface area contributed by atoms with E-state index in [1.807, 2.05) is 0 Å². The van der Waals surface area contributed by atoms with E-state index in [2.05, 4.69) is 69.1 Å². The molecular weight excluding hydrogens is 316 g/mol. The van der Waals surface area contributed by atoms with Gasteiger partial charge in [-0.15, -0.1) is 0 Å². The lowest BCUT2D eigenvalue weighted by Crippen LogP contribution is -1.91. The van der Waals surface area contributed by atoms with Crippen LogP contribution in [0.3, 0.4) is 0 Å². The van der Waals surface area contributed by atoms with Gasteiger partial charge in [-0.3, -0.25) is 0 Å². The summed E-state index contributed by atoms with van der Waals surface area (Å²) in [4.78, 5) is 0. The Morgan fingerprint density at radius 1 is 0.933 bits per heavy atom. The van der Waals surface area contributed by atoms with Crippen molar-refractivity contribution >= 4 is 42.6 Å². The summed E-state index contributed by atoms with van der Waals surface area (Å²) in [6.45, 7) is 2.19. The van der Waals surface area contributed by atoms with E-state index in [-0.39, 0.29) is 0 Å². The molecule has 0 saturated heterocycles. The van der Waals surface area contributed by atoms with Crippen molar-refractivity contribution in [1.82, 2.24) is 0 Å². The lowest BCUT2D eigenvalue weighted by atomic mass is 9.97. The van der Waals surface area contributed by atoms with Crippen LogP contribution in [-0.4, -0.2) is 0 Å². The summed E-state index contributed by atoms with van der Waals surface area (Å²) in [5, 5.41) is 4.55. The Morgan fingerprint density at radius 2 is 1.53 bits per heavy atom. The van der Waals surface area contributed by atoms with Crippen LogP contribution in [0.15, 0.2) is 30.3 Å². The summed E-state index contributed by atoms with van der Waals surface area (Å²) in [5.41, 5.74) is 4.13. The third kappa shape index (κ3) is 1.98. The van der Waals surface area contributed by atoms with E-state index >= 15 is 0 Å². The third-order valence-corrected chi connectivity index (χ3v) is 4.00. The highest BCUT2D eigenvalue weighted by Crippen LogP contribution is 2.28. The first-order chi connectivity index (χ1) is 7.27. The molecule has 0 N–H and O–H groups in total. The molecule has 0 spiro atoms. The summed E-state index contributed by atoms with van der Waals surface area (Å²) in [6.07, 6.45) is 0. The van der Waals surface area contributed by atoms with Crippen LogP contribution in [0.1, 0.15) is 16.7 Å². The maximum absolute atomic E-state index is 3.55. The molecule has 0 aromatic heterocycles. The standard InChI is InChI=1S/C13H12Br2/c1-9-10(7-14)6-11(8-15)13-5-3-2-4-12(9)13/h2-6H,7-8H2,1H3. The van der Waals surface area contributed by atoms with Crippen LogP contribution in [0.25, 0.3) is 10.8 Å². The van der Waals surface area contributed by atoms with Crippen molar-refractivity contribution in [2.45, 2.75) is 17.6 Å². The molecule has 0 unspecified atom stereocenters. The van der Waals surface area contributed by atoms with Crippen LogP contribution < -0.4 is 0 Å². The molecule has 2 heteroatoms. The van der Waals surface area contributed by atoms with E-state index in [4.69, 9.17) is 0 Å². The molecule has 0 fully saturated rings. The zero-order chi connectivity index (χ0) is 10.8. The first-order valence-electron chi connectivity index (χ1n) is 4.90. The van der Waals surface area contributed by atoms with Crippen molar-refractivity contribution in [1.29, 1.82) is 0 Å². The number of hydrogen-bond acceptors (Lipinski definition) is 0. The molecule has 2 rings (SSSR count). The molecule has 0 aliphatic heterocycles. The quantitative estimate of drug-likeness (QED) is 0.685. The predicted molar refractivity (Wildman–Crippen MR) is 73.9 cm³/mol. The minimum Gasteiger partial charge on any atom is -0.0876 e. The van der Waals surface area contributed by atoms with Crippen molar-refractivity contribution in [3.8, 4) is 0 Å². The van der Waals surface area contributed by atoms with Gasteiger partial charge in [0.1, 0.15) is 0 Å². The van der Waals surface area contributed by atoms with Gasteiger partial charge in [-0.25, -0.2) is 0 Å². The molecule has 0 amide bonds. The molecule has 0 radical (unpaired) electrons. The smallest absolute Gasteiger partial charge is 0.0289 e. The van der Waals surface area contributed by atoms with Gasteiger partial charge in [0.25, 0.3) is 0 Å². The van der Waals surface area contributed by atoms with Gasteiger partial charge >= 0.3 is 0 Å². The zero-order valence-corrected chi connectivity index (χ0v) is 11.7. The second-order valence-corrected chi connectivity index (χ2v) is 4.75. The van der Waals surface area contributed by atoms with Crippen molar-refractivity contribution in [2.75, 3.05) is 0 Å². The summed E-state index contributed by atoms with van der Waals surface area (Å²) in [5.74, 6) is 0. The molecule has 2 aromatic rings. The minimum atomic E-state index is 0.911. The summed E-state index contributed by atoms with van der Waals surface area (Å²) < 4.78 is 0. The van der Waals surface area contributed by atoms with Crippen LogP contribution in [0.5, 0.6) is 0 Å². The van der Waals surface area contributed by atoms with E-state index in [1.54, 1.807) is 0 Å². The van der Waals surface area contributed by atoms with E-state index in [0.717, 1.165) is 10.7 Å². The molecule has 2 aromatic carbocycles. The average molecular weight is 328 g/mol. The zero-order valence-electron chi connectivity index (χ0n) is 8.56. The first kappa shape index (κ1) is 11.2. The van der Waals surface area contributed by atoms with Gasteiger partial charge in [-0.2, -0.15) is 0 Å². The molecule has 0 saturated carbocycles. The van der Waals surface area contributed by atoms with E-state index in [1.165, 1.54) is 27.5 Å². The van der Waals surface area contributed by atoms with Gasteiger partial charge in [-0.05, 0) is 34.4 Å². The van der Waals surface area contributed by atoms with Gasteiger partial charge in [0.05, 0.1) is 0 Å². The Labute approximate surface area is 107 Å². The summed E-state index contributed by atoms with van der Waals surface area (Å²) in [7, 11) is 0. The molecular formula is C13H12Br2. The van der Waals surface area contributed by atoms with Gasteiger partial charge in [0.15, 0.2) is 0 Å². The maximum Gasteiger partial charge on any atom is 0.0289 e. The molecule has 78 valence electrons. The third-order valence-electron chi connectivity index (χ3n) is 2.80. The highest BCUT2D eigenvalue weighted by molar-refractivity contribution is 9.08. The Bertz CT molecular complexity index is 489. The molecule has 0 atom stereocenters. The van der Waals surface area contributed by atoms with E-state index in [9.17, 15) is 0 Å². The van der Waals surface area contributed by atoms with Gasteiger partial charge in [0, 0.05) is 10.7 Å². The Kier molecular flexibility index (Phi) is 3.47. The average Bonchev–Trinajstić information content (AvgIpc) is 2.30. The van der Waals surface area contributed by atoms with Crippen molar-refractivity contribution in [3.63, 3.8) is 0 Å². The van der Waals surface area contributed by atoms with Crippen molar-refractivity contribution in [3.05, 3.63) is 47.0 Å². The number of alkyl halides is 2. The SMILES string of the molecule is Cc1c(CBr)cc(CBr)c2ccccc12. The highest BCUT2D eigenvalue weighted by Gasteiger charge is 2.06. The van der Waals surface area contributed by atoms with Crippen molar-refractivity contribution < 1.29 is 0 Å². The fourth-order valence-corrected chi connectivity index (χ4v) is 2.96. The predicted octanol–water partition coefficient (Wildman–Crippen LogP) is 4.94. The lowest BCUT2D eigenvalue weighted by Gasteiger charge is -2.11. The Balaban J connectivity index is 2.84. The maximum atomic E-state index is 3.55.